The Kier molecular flexibility index (Phi) is 5.11. The van der Waals surface area contributed by atoms with Gasteiger partial charge in [-0.25, -0.2) is 0 Å². The van der Waals surface area contributed by atoms with E-state index in [1.807, 2.05) is 30.3 Å². The topological polar surface area (TPSA) is 87.0 Å². The van der Waals surface area contributed by atoms with Crippen molar-refractivity contribution in [1.82, 2.24) is 4.98 Å². The van der Waals surface area contributed by atoms with Crippen LogP contribution in [0.2, 0.25) is 0 Å². The van der Waals surface area contributed by atoms with Crippen molar-refractivity contribution in [3.05, 3.63) is 78.1 Å². The van der Waals surface area contributed by atoms with Crippen LogP contribution in [0, 0.1) is 11.3 Å². The number of nitrogens with zero attached hydrogens (tertiary/aromatic N) is 2. The summed E-state index contributed by atoms with van der Waals surface area (Å²) in [5.41, 5.74) is 3.04. The Labute approximate surface area is 151 Å². The van der Waals surface area contributed by atoms with Crippen LogP contribution in [0.3, 0.4) is 0 Å². The molecule has 3 aromatic rings. The number of amides is 1. The molecule has 26 heavy (non-hydrogen) atoms. The van der Waals surface area contributed by atoms with Crippen LogP contribution in [0.1, 0.15) is 16.1 Å². The number of carbonyl (C=O) groups is 1. The van der Waals surface area contributed by atoms with E-state index in [0.717, 1.165) is 17.1 Å². The van der Waals surface area contributed by atoms with Crippen LogP contribution in [0.5, 0.6) is 5.75 Å². The Morgan fingerprint density at radius 2 is 1.69 bits per heavy atom. The second-order valence-electron chi connectivity index (χ2n) is 5.43. The van der Waals surface area contributed by atoms with E-state index in [4.69, 9.17) is 10.00 Å². The van der Waals surface area contributed by atoms with Crippen molar-refractivity contribution in [2.75, 3.05) is 17.7 Å². The standard InChI is InChI=1S/C20H16N4O2/c1-26-18-8-6-15(7-9-18)23-17-10-11-22-19(12-17)20(25)24-16-4-2-14(13-21)3-5-16/h2-12H,1H3,(H,22,23)(H,24,25). The number of rotatable bonds is 5. The zero-order valence-corrected chi connectivity index (χ0v) is 14.1. The van der Waals surface area contributed by atoms with E-state index in [1.54, 1.807) is 49.7 Å². The first kappa shape index (κ1) is 17.0. The molecule has 1 aromatic heterocycles. The number of nitrogens with one attached hydrogen (secondary N) is 2. The molecule has 6 nitrogen and oxygen atoms in total. The predicted octanol–water partition coefficient (Wildman–Crippen LogP) is 3.96. The maximum Gasteiger partial charge on any atom is 0.274 e. The third-order valence-corrected chi connectivity index (χ3v) is 3.64. The molecule has 0 bridgehead atoms. The highest BCUT2D eigenvalue weighted by molar-refractivity contribution is 6.03. The fourth-order valence-corrected chi connectivity index (χ4v) is 2.30. The number of hydrogen-bond acceptors (Lipinski definition) is 5. The van der Waals surface area contributed by atoms with E-state index in [-0.39, 0.29) is 11.6 Å². The summed E-state index contributed by atoms with van der Waals surface area (Å²) in [4.78, 5) is 16.5. The van der Waals surface area contributed by atoms with Gasteiger partial charge in [0, 0.05) is 23.3 Å². The molecule has 0 spiro atoms. The van der Waals surface area contributed by atoms with Gasteiger partial charge in [-0.1, -0.05) is 0 Å². The van der Waals surface area contributed by atoms with Crippen LogP contribution >= 0.6 is 0 Å². The molecule has 6 heteroatoms. The van der Waals surface area contributed by atoms with Crippen LogP contribution in [0.25, 0.3) is 0 Å². The first-order chi connectivity index (χ1) is 12.7. The smallest absolute Gasteiger partial charge is 0.274 e. The molecule has 0 unspecified atom stereocenters. The summed E-state index contributed by atoms with van der Waals surface area (Å²) in [6.07, 6.45) is 1.57. The normalized spacial score (nSPS) is 9.85. The number of anilines is 3. The maximum atomic E-state index is 12.4. The minimum absolute atomic E-state index is 0.285. The number of carbonyl (C=O) groups excluding carboxylic acids is 1. The summed E-state index contributed by atoms with van der Waals surface area (Å²) in [7, 11) is 1.62. The molecule has 2 N–H and O–H groups in total. The first-order valence-electron chi connectivity index (χ1n) is 7.86. The molecule has 2 aromatic carbocycles. The number of benzene rings is 2. The van der Waals surface area contributed by atoms with Gasteiger partial charge in [0.2, 0.25) is 0 Å². The van der Waals surface area contributed by atoms with Gasteiger partial charge in [0.1, 0.15) is 11.4 Å². The molecule has 0 saturated heterocycles. The monoisotopic (exact) mass is 344 g/mol. The molecule has 0 radical (unpaired) electrons. The van der Waals surface area contributed by atoms with Crippen molar-refractivity contribution >= 4 is 23.0 Å². The number of ether oxygens (including phenoxy) is 1. The Hall–Kier alpha value is -3.85. The van der Waals surface area contributed by atoms with Crippen LogP contribution in [0.15, 0.2) is 66.9 Å². The highest BCUT2D eigenvalue weighted by Crippen LogP contribution is 2.20. The van der Waals surface area contributed by atoms with E-state index in [9.17, 15) is 4.79 Å². The van der Waals surface area contributed by atoms with Gasteiger partial charge in [0.15, 0.2) is 0 Å². The largest absolute Gasteiger partial charge is 0.497 e. The summed E-state index contributed by atoms with van der Waals surface area (Å²) in [6, 6.07) is 19.6. The molecular formula is C20H16N4O2. The van der Waals surface area contributed by atoms with Gasteiger partial charge >= 0.3 is 0 Å². The maximum absolute atomic E-state index is 12.4. The SMILES string of the molecule is COc1ccc(Nc2ccnc(C(=O)Nc3ccc(C#N)cc3)c2)cc1. The van der Waals surface area contributed by atoms with E-state index in [2.05, 4.69) is 15.6 Å². The Morgan fingerprint density at radius 3 is 2.35 bits per heavy atom. The molecule has 0 fully saturated rings. The van der Waals surface area contributed by atoms with Gasteiger partial charge in [0.25, 0.3) is 5.91 Å². The number of methoxy groups -OCH3 is 1. The average Bonchev–Trinajstić information content (AvgIpc) is 2.69. The highest BCUT2D eigenvalue weighted by atomic mass is 16.5. The fourth-order valence-electron chi connectivity index (χ4n) is 2.30. The van der Waals surface area contributed by atoms with Crippen molar-refractivity contribution in [3.63, 3.8) is 0 Å². The molecule has 0 saturated carbocycles. The van der Waals surface area contributed by atoms with Crippen molar-refractivity contribution in [2.24, 2.45) is 0 Å². The lowest BCUT2D eigenvalue weighted by atomic mass is 10.2. The summed E-state index contributed by atoms with van der Waals surface area (Å²) in [6.45, 7) is 0. The van der Waals surface area contributed by atoms with Crippen LogP contribution < -0.4 is 15.4 Å². The number of nitriles is 1. The fraction of sp³-hybridized carbons (Fsp3) is 0.0500. The van der Waals surface area contributed by atoms with Gasteiger partial charge in [-0.3, -0.25) is 9.78 Å². The second-order valence-corrected chi connectivity index (χ2v) is 5.43. The van der Waals surface area contributed by atoms with Gasteiger partial charge in [-0.15, -0.1) is 0 Å². The molecule has 0 atom stereocenters. The molecule has 3 rings (SSSR count). The third-order valence-electron chi connectivity index (χ3n) is 3.64. The van der Waals surface area contributed by atoms with E-state index < -0.39 is 0 Å². The van der Waals surface area contributed by atoms with Crippen molar-refractivity contribution < 1.29 is 9.53 Å². The Morgan fingerprint density at radius 1 is 1.00 bits per heavy atom. The molecule has 128 valence electrons. The van der Waals surface area contributed by atoms with Crippen LogP contribution in [-0.2, 0) is 0 Å². The van der Waals surface area contributed by atoms with Gasteiger partial charge in [-0.05, 0) is 60.7 Å². The van der Waals surface area contributed by atoms with Crippen molar-refractivity contribution in [1.29, 1.82) is 5.26 Å². The minimum Gasteiger partial charge on any atom is -0.497 e. The quantitative estimate of drug-likeness (QED) is 0.731. The molecule has 0 aliphatic heterocycles. The van der Waals surface area contributed by atoms with E-state index in [1.165, 1.54) is 0 Å². The van der Waals surface area contributed by atoms with Crippen molar-refractivity contribution in [2.45, 2.75) is 0 Å². The van der Waals surface area contributed by atoms with Gasteiger partial charge < -0.3 is 15.4 Å². The first-order valence-corrected chi connectivity index (χ1v) is 7.86. The number of hydrogen-bond donors (Lipinski definition) is 2. The van der Waals surface area contributed by atoms with Gasteiger partial charge in [-0.2, -0.15) is 5.26 Å². The summed E-state index contributed by atoms with van der Waals surface area (Å²) >= 11 is 0. The van der Waals surface area contributed by atoms with Crippen LogP contribution in [-0.4, -0.2) is 18.0 Å². The lowest BCUT2D eigenvalue weighted by Gasteiger charge is -2.09. The minimum atomic E-state index is -0.326. The summed E-state index contributed by atoms with van der Waals surface area (Å²) in [5.74, 6) is 0.445. The zero-order chi connectivity index (χ0) is 18.4. The lowest BCUT2D eigenvalue weighted by Crippen LogP contribution is -2.13. The number of pyridine rings is 1. The third kappa shape index (κ3) is 4.16. The molecule has 1 amide bonds. The average molecular weight is 344 g/mol. The highest BCUT2D eigenvalue weighted by Gasteiger charge is 2.09. The molecule has 0 aliphatic rings. The van der Waals surface area contributed by atoms with Gasteiger partial charge in [0.05, 0.1) is 18.7 Å². The van der Waals surface area contributed by atoms with E-state index in [0.29, 0.717) is 11.3 Å². The van der Waals surface area contributed by atoms with Crippen molar-refractivity contribution in [3.8, 4) is 11.8 Å². The second kappa shape index (κ2) is 7.81. The summed E-state index contributed by atoms with van der Waals surface area (Å²) < 4.78 is 5.13. The molecular weight excluding hydrogens is 328 g/mol. The predicted molar refractivity (Wildman–Crippen MR) is 99.6 cm³/mol. The molecule has 1 heterocycles. The van der Waals surface area contributed by atoms with Crippen LogP contribution in [0.4, 0.5) is 17.1 Å². The van der Waals surface area contributed by atoms with E-state index >= 15 is 0 Å². The lowest BCUT2D eigenvalue weighted by molar-refractivity contribution is 0.102. The Bertz CT molecular complexity index is 945. The molecule has 0 aliphatic carbocycles. The zero-order valence-electron chi connectivity index (χ0n) is 14.1. The Balaban J connectivity index is 1.71. The number of aromatic nitrogens is 1. The summed E-state index contributed by atoms with van der Waals surface area (Å²) in [5, 5.41) is 14.8.